The van der Waals surface area contributed by atoms with Crippen molar-refractivity contribution in [2.24, 2.45) is 0 Å². The van der Waals surface area contributed by atoms with Gasteiger partial charge in [-0.05, 0) is 29.8 Å². The van der Waals surface area contributed by atoms with Gasteiger partial charge in [0.2, 0.25) is 5.95 Å². The summed E-state index contributed by atoms with van der Waals surface area (Å²) in [5.41, 5.74) is 1.22. The molecule has 0 atom stereocenters. The fraction of sp³-hybridized carbons (Fsp3) is 0.0500. The number of aromatic nitrogens is 4. The lowest BCUT2D eigenvalue weighted by atomic mass is 10.2. The minimum absolute atomic E-state index is 0.0776. The van der Waals surface area contributed by atoms with Gasteiger partial charge in [0, 0.05) is 6.20 Å². The highest BCUT2D eigenvalue weighted by Crippen LogP contribution is 2.28. The van der Waals surface area contributed by atoms with Crippen molar-refractivity contribution in [1.82, 2.24) is 19.5 Å². The van der Waals surface area contributed by atoms with Gasteiger partial charge in [-0.3, -0.25) is 4.57 Å². The minimum atomic E-state index is -4.55. The van der Waals surface area contributed by atoms with Crippen LogP contribution in [-0.2, 0) is 6.18 Å². The molecule has 2 heterocycles. The number of fused-ring (bicyclic) bond motifs is 1. The molecule has 27 heavy (non-hydrogen) atoms. The summed E-state index contributed by atoms with van der Waals surface area (Å²) in [5.74, 6) is 0.366. The highest BCUT2D eigenvalue weighted by Gasteiger charge is 2.33. The zero-order valence-corrected chi connectivity index (χ0v) is 13.9. The van der Waals surface area contributed by atoms with E-state index in [0.717, 1.165) is 17.8 Å². The Labute approximate surface area is 152 Å². The van der Waals surface area contributed by atoms with E-state index in [1.807, 2.05) is 42.5 Å². The minimum Gasteiger partial charge on any atom is -0.261 e. The number of para-hydroxylation sites is 2. The number of halogens is 3. The molecule has 0 saturated carbocycles. The van der Waals surface area contributed by atoms with E-state index in [-0.39, 0.29) is 5.95 Å². The van der Waals surface area contributed by atoms with Crippen LogP contribution in [0, 0.1) is 0 Å². The predicted octanol–water partition coefficient (Wildman–Crippen LogP) is 5.00. The Hall–Kier alpha value is -3.48. The van der Waals surface area contributed by atoms with Gasteiger partial charge in [-0.2, -0.15) is 13.2 Å². The van der Waals surface area contributed by atoms with Crippen LogP contribution < -0.4 is 0 Å². The van der Waals surface area contributed by atoms with Crippen molar-refractivity contribution in [3.05, 3.63) is 83.9 Å². The first-order chi connectivity index (χ1) is 13.0. The molecule has 0 N–H and O–H groups in total. The lowest BCUT2D eigenvalue weighted by molar-refractivity contribution is -0.141. The van der Waals surface area contributed by atoms with Crippen LogP contribution in [0.5, 0.6) is 0 Å². The number of imidazole rings is 1. The topological polar surface area (TPSA) is 43.6 Å². The second-order valence-electron chi connectivity index (χ2n) is 5.78. The zero-order chi connectivity index (χ0) is 18.9. The normalized spacial score (nSPS) is 12.1. The molecule has 134 valence electrons. The average molecular weight is 366 g/mol. The van der Waals surface area contributed by atoms with Crippen molar-refractivity contribution in [1.29, 1.82) is 0 Å². The van der Waals surface area contributed by atoms with Crippen molar-refractivity contribution in [3.63, 3.8) is 0 Å². The maximum Gasteiger partial charge on any atom is 0.433 e. The second kappa shape index (κ2) is 6.68. The van der Waals surface area contributed by atoms with E-state index in [2.05, 4.69) is 15.0 Å². The summed E-state index contributed by atoms with van der Waals surface area (Å²) in [4.78, 5) is 12.3. The van der Waals surface area contributed by atoms with Gasteiger partial charge >= 0.3 is 6.18 Å². The smallest absolute Gasteiger partial charge is 0.261 e. The van der Waals surface area contributed by atoms with E-state index >= 15 is 0 Å². The highest BCUT2D eigenvalue weighted by atomic mass is 19.4. The summed E-state index contributed by atoms with van der Waals surface area (Å²) in [7, 11) is 0. The Bertz CT molecular complexity index is 1110. The van der Waals surface area contributed by atoms with E-state index < -0.39 is 11.9 Å². The van der Waals surface area contributed by atoms with Crippen LogP contribution in [0.4, 0.5) is 13.2 Å². The van der Waals surface area contributed by atoms with E-state index in [1.54, 1.807) is 24.3 Å². The molecule has 0 aliphatic rings. The summed E-state index contributed by atoms with van der Waals surface area (Å²) in [6.45, 7) is 0. The molecule has 4 nitrogen and oxygen atoms in total. The van der Waals surface area contributed by atoms with Crippen LogP contribution in [0.3, 0.4) is 0 Å². The van der Waals surface area contributed by atoms with Crippen LogP contribution in [0.2, 0.25) is 0 Å². The largest absolute Gasteiger partial charge is 0.433 e. The number of nitrogens with zero attached hydrogens (tertiary/aromatic N) is 4. The molecule has 0 aliphatic heterocycles. The number of alkyl halides is 3. The number of hydrogen-bond acceptors (Lipinski definition) is 3. The maximum atomic E-state index is 13.1. The van der Waals surface area contributed by atoms with Gasteiger partial charge in [-0.1, -0.05) is 48.5 Å². The molecule has 0 saturated heterocycles. The summed E-state index contributed by atoms with van der Waals surface area (Å²) in [6, 6.07) is 17.6. The first-order valence-corrected chi connectivity index (χ1v) is 8.13. The van der Waals surface area contributed by atoms with Crippen LogP contribution in [0.15, 0.2) is 66.9 Å². The predicted molar refractivity (Wildman–Crippen MR) is 97.0 cm³/mol. The van der Waals surface area contributed by atoms with Gasteiger partial charge in [0.05, 0.1) is 11.0 Å². The molecule has 0 fully saturated rings. The van der Waals surface area contributed by atoms with Crippen molar-refractivity contribution in [3.8, 4) is 5.95 Å². The zero-order valence-electron chi connectivity index (χ0n) is 13.9. The number of rotatable bonds is 3. The molecule has 0 aliphatic carbocycles. The van der Waals surface area contributed by atoms with Gasteiger partial charge in [0.25, 0.3) is 0 Å². The van der Waals surface area contributed by atoms with E-state index in [4.69, 9.17) is 0 Å². The summed E-state index contributed by atoms with van der Waals surface area (Å²) in [6.07, 6.45) is 0.128. The van der Waals surface area contributed by atoms with Gasteiger partial charge < -0.3 is 0 Å². The molecule has 0 spiro atoms. The van der Waals surface area contributed by atoms with Crippen LogP contribution in [0.25, 0.3) is 29.1 Å². The molecule has 0 amide bonds. The SMILES string of the molecule is FC(F)(F)c1ccnc(-n2c(C=Cc3ccccc3)nc3ccccc32)n1. The first-order valence-electron chi connectivity index (χ1n) is 8.13. The van der Waals surface area contributed by atoms with Crippen molar-refractivity contribution >= 4 is 23.2 Å². The molecule has 0 unspecified atom stereocenters. The fourth-order valence-electron chi connectivity index (χ4n) is 2.72. The maximum absolute atomic E-state index is 13.1. The molecule has 4 rings (SSSR count). The van der Waals surface area contributed by atoms with Crippen LogP contribution in [-0.4, -0.2) is 19.5 Å². The third kappa shape index (κ3) is 3.44. The lowest BCUT2D eigenvalue weighted by Crippen LogP contribution is -2.12. The summed E-state index contributed by atoms with van der Waals surface area (Å²) in [5, 5.41) is 0. The quantitative estimate of drug-likeness (QED) is 0.512. The summed E-state index contributed by atoms with van der Waals surface area (Å²) >= 11 is 0. The van der Waals surface area contributed by atoms with Gasteiger partial charge in [-0.25, -0.2) is 15.0 Å². The Morgan fingerprint density at radius 3 is 2.33 bits per heavy atom. The molecule has 0 radical (unpaired) electrons. The Morgan fingerprint density at radius 1 is 0.815 bits per heavy atom. The van der Waals surface area contributed by atoms with Gasteiger partial charge in [-0.15, -0.1) is 0 Å². The van der Waals surface area contributed by atoms with Crippen molar-refractivity contribution in [2.75, 3.05) is 0 Å². The Kier molecular flexibility index (Phi) is 4.19. The van der Waals surface area contributed by atoms with Gasteiger partial charge in [0.1, 0.15) is 11.5 Å². The molecule has 4 aromatic rings. The molecule has 2 aromatic carbocycles. The lowest BCUT2D eigenvalue weighted by Gasteiger charge is -2.09. The first kappa shape index (κ1) is 17.0. The number of hydrogen-bond donors (Lipinski definition) is 0. The number of benzene rings is 2. The van der Waals surface area contributed by atoms with E-state index in [1.165, 1.54) is 4.57 Å². The average Bonchev–Trinajstić information content (AvgIpc) is 3.05. The van der Waals surface area contributed by atoms with E-state index in [9.17, 15) is 13.2 Å². The molecular weight excluding hydrogens is 353 g/mol. The van der Waals surface area contributed by atoms with Gasteiger partial charge in [0.15, 0.2) is 0 Å². The molecule has 0 bridgehead atoms. The Morgan fingerprint density at radius 2 is 1.56 bits per heavy atom. The standard InChI is InChI=1S/C20H13F3N4/c21-20(22,23)17-12-13-24-19(26-17)27-16-9-5-4-8-15(16)25-18(27)11-10-14-6-2-1-3-7-14/h1-13H. The summed E-state index contributed by atoms with van der Waals surface area (Å²) < 4.78 is 40.7. The molecular formula is C20H13F3N4. The third-order valence-corrected chi connectivity index (χ3v) is 3.94. The second-order valence-corrected chi connectivity index (χ2v) is 5.78. The highest BCUT2D eigenvalue weighted by molar-refractivity contribution is 5.81. The van der Waals surface area contributed by atoms with Crippen LogP contribution >= 0.6 is 0 Å². The third-order valence-electron chi connectivity index (χ3n) is 3.94. The van der Waals surface area contributed by atoms with Crippen molar-refractivity contribution < 1.29 is 13.2 Å². The Balaban J connectivity index is 1.88. The van der Waals surface area contributed by atoms with Crippen molar-refractivity contribution in [2.45, 2.75) is 6.18 Å². The van der Waals surface area contributed by atoms with Crippen LogP contribution in [0.1, 0.15) is 17.1 Å². The molecule has 2 aromatic heterocycles. The molecule has 7 heteroatoms. The monoisotopic (exact) mass is 366 g/mol. The fourth-order valence-corrected chi connectivity index (χ4v) is 2.72. The van der Waals surface area contributed by atoms with E-state index in [0.29, 0.717) is 16.9 Å².